The van der Waals surface area contributed by atoms with Crippen LogP contribution in [-0.2, 0) is 0 Å². The highest BCUT2D eigenvalue weighted by atomic mass is 16.4. The molecule has 1 N–H and O–H groups in total. The third kappa shape index (κ3) is 2.66. The Hall–Kier alpha value is -1.55. The summed E-state index contributed by atoms with van der Waals surface area (Å²) in [4.78, 5) is 16.2. The highest BCUT2D eigenvalue weighted by molar-refractivity contribution is 5.94. The molecule has 0 spiro atoms. The molecule has 1 aromatic rings. The monoisotopic (exact) mass is 274 g/mol. The SMILES string of the molecule is O=C(O)c1ccccc1N1CCC(N2CCCCC2)C1. The molecule has 1 atom stereocenters. The molecule has 108 valence electrons. The van der Waals surface area contributed by atoms with Gasteiger partial charge < -0.3 is 10.0 Å². The molecule has 0 bridgehead atoms. The summed E-state index contributed by atoms with van der Waals surface area (Å²) in [5, 5.41) is 9.30. The summed E-state index contributed by atoms with van der Waals surface area (Å²) >= 11 is 0. The maximum Gasteiger partial charge on any atom is 0.337 e. The third-order valence-electron chi connectivity index (χ3n) is 4.55. The summed E-state index contributed by atoms with van der Waals surface area (Å²) in [5.41, 5.74) is 1.30. The number of carbonyl (C=O) groups is 1. The number of likely N-dealkylation sites (tertiary alicyclic amines) is 1. The normalized spacial score (nSPS) is 24.0. The second-order valence-corrected chi connectivity index (χ2v) is 5.81. The number of para-hydroxylation sites is 1. The predicted molar refractivity (Wildman–Crippen MR) is 79.4 cm³/mol. The fraction of sp³-hybridized carbons (Fsp3) is 0.562. The second kappa shape index (κ2) is 5.83. The van der Waals surface area contributed by atoms with Crippen LogP contribution in [0.3, 0.4) is 0 Å². The Balaban J connectivity index is 1.72. The van der Waals surface area contributed by atoms with Crippen molar-refractivity contribution in [1.82, 2.24) is 4.90 Å². The fourth-order valence-corrected chi connectivity index (χ4v) is 3.47. The van der Waals surface area contributed by atoms with Gasteiger partial charge in [0, 0.05) is 19.1 Å². The third-order valence-corrected chi connectivity index (χ3v) is 4.55. The van der Waals surface area contributed by atoms with Gasteiger partial charge in [0.2, 0.25) is 0 Å². The van der Waals surface area contributed by atoms with Crippen molar-refractivity contribution in [2.45, 2.75) is 31.7 Å². The van der Waals surface area contributed by atoms with Crippen LogP contribution in [0.15, 0.2) is 24.3 Å². The quantitative estimate of drug-likeness (QED) is 0.919. The average Bonchev–Trinajstić information content (AvgIpc) is 2.98. The van der Waals surface area contributed by atoms with Crippen LogP contribution in [0, 0.1) is 0 Å². The van der Waals surface area contributed by atoms with Crippen LogP contribution < -0.4 is 4.90 Å². The van der Waals surface area contributed by atoms with E-state index in [1.807, 2.05) is 12.1 Å². The van der Waals surface area contributed by atoms with Crippen LogP contribution in [0.4, 0.5) is 5.69 Å². The van der Waals surface area contributed by atoms with Gasteiger partial charge in [-0.25, -0.2) is 4.79 Å². The molecule has 0 radical (unpaired) electrons. The van der Waals surface area contributed by atoms with E-state index in [-0.39, 0.29) is 0 Å². The van der Waals surface area contributed by atoms with Crippen molar-refractivity contribution in [3.8, 4) is 0 Å². The Kier molecular flexibility index (Phi) is 3.92. The first kappa shape index (κ1) is 13.4. The summed E-state index contributed by atoms with van der Waals surface area (Å²) in [7, 11) is 0. The summed E-state index contributed by atoms with van der Waals surface area (Å²) in [6.07, 6.45) is 5.12. The van der Waals surface area contributed by atoms with Gasteiger partial charge in [-0.3, -0.25) is 4.90 Å². The van der Waals surface area contributed by atoms with Crippen LogP contribution in [0.5, 0.6) is 0 Å². The summed E-state index contributed by atoms with van der Waals surface area (Å²) in [6, 6.07) is 7.95. The van der Waals surface area contributed by atoms with E-state index < -0.39 is 5.97 Å². The molecule has 2 aliphatic rings. The lowest BCUT2D eigenvalue weighted by Gasteiger charge is -2.32. The molecule has 0 amide bonds. The minimum absolute atomic E-state index is 0.423. The van der Waals surface area contributed by atoms with Crippen LogP contribution >= 0.6 is 0 Å². The number of anilines is 1. The number of aromatic carboxylic acids is 1. The lowest BCUT2D eigenvalue weighted by molar-refractivity contribution is 0.0697. The zero-order chi connectivity index (χ0) is 13.9. The van der Waals surface area contributed by atoms with E-state index in [1.165, 1.54) is 32.4 Å². The van der Waals surface area contributed by atoms with Gasteiger partial charge >= 0.3 is 5.97 Å². The minimum Gasteiger partial charge on any atom is -0.478 e. The van der Waals surface area contributed by atoms with Gasteiger partial charge in [0.25, 0.3) is 0 Å². The lowest BCUT2D eigenvalue weighted by atomic mass is 10.1. The van der Waals surface area contributed by atoms with E-state index in [2.05, 4.69) is 9.80 Å². The van der Waals surface area contributed by atoms with Crippen molar-refractivity contribution < 1.29 is 9.90 Å². The van der Waals surface area contributed by atoms with E-state index in [1.54, 1.807) is 12.1 Å². The smallest absolute Gasteiger partial charge is 0.337 e. The first-order valence-corrected chi connectivity index (χ1v) is 7.57. The van der Waals surface area contributed by atoms with Gasteiger partial charge in [0.1, 0.15) is 0 Å². The van der Waals surface area contributed by atoms with Crippen LogP contribution in [-0.4, -0.2) is 48.2 Å². The van der Waals surface area contributed by atoms with Crippen molar-refractivity contribution in [2.75, 3.05) is 31.1 Å². The number of hydrogen-bond donors (Lipinski definition) is 1. The number of nitrogens with zero attached hydrogens (tertiary/aromatic N) is 2. The van der Waals surface area contributed by atoms with Gasteiger partial charge in [0.15, 0.2) is 0 Å². The number of piperidine rings is 1. The van der Waals surface area contributed by atoms with Crippen molar-refractivity contribution in [3.63, 3.8) is 0 Å². The Morgan fingerprint density at radius 1 is 1.10 bits per heavy atom. The minimum atomic E-state index is -0.831. The van der Waals surface area contributed by atoms with Gasteiger partial charge in [-0.2, -0.15) is 0 Å². The predicted octanol–water partition coefficient (Wildman–Crippen LogP) is 2.45. The van der Waals surface area contributed by atoms with Crippen molar-refractivity contribution in [1.29, 1.82) is 0 Å². The molecule has 0 saturated carbocycles. The van der Waals surface area contributed by atoms with Gasteiger partial charge in [0.05, 0.1) is 11.3 Å². The lowest BCUT2D eigenvalue weighted by Crippen LogP contribution is -2.41. The maximum atomic E-state index is 11.3. The molecule has 0 aromatic heterocycles. The Morgan fingerprint density at radius 3 is 2.60 bits per heavy atom. The molecular formula is C16H22N2O2. The molecule has 2 saturated heterocycles. The molecule has 20 heavy (non-hydrogen) atoms. The first-order valence-electron chi connectivity index (χ1n) is 7.57. The van der Waals surface area contributed by atoms with Crippen LogP contribution in [0.2, 0.25) is 0 Å². The maximum absolute atomic E-state index is 11.3. The molecule has 1 unspecified atom stereocenters. The van der Waals surface area contributed by atoms with Crippen LogP contribution in [0.25, 0.3) is 0 Å². The molecule has 4 nitrogen and oxygen atoms in total. The highest BCUT2D eigenvalue weighted by Gasteiger charge is 2.30. The van der Waals surface area contributed by atoms with Crippen LogP contribution in [0.1, 0.15) is 36.0 Å². The standard InChI is InChI=1S/C16H22N2O2/c19-16(20)14-6-2-3-7-15(14)18-11-8-13(12-18)17-9-4-1-5-10-17/h2-3,6-7,13H,1,4-5,8-12H2,(H,19,20). The van der Waals surface area contributed by atoms with Gasteiger partial charge in [-0.05, 0) is 44.5 Å². The number of carboxylic acid groups (broad SMARTS) is 1. The topological polar surface area (TPSA) is 43.8 Å². The first-order chi connectivity index (χ1) is 9.75. The Labute approximate surface area is 120 Å². The Bertz CT molecular complexity index is 483. The number of rotatable bonds is 3. The Morgan fingerprint density at radius 2 is 1.85 bits per heavy atom. The molecular weight excluding hydrogens is 252 g/mol. The number of hydrogen-bond acceptors (Lipinski definition) is 3. The van der Waals surface area contributed by atoms with Gasteiger partial charge in [-0.15, -0.1) is 0 Å². The molecule has 4 heteroatoms. The second-order valence-electron chi connectivity index (χ2n) is 5.81. The molecule has 0 aliphatic carbocycles. The van der Waals surface area contributed by atoms with E-state index in [4.69, 9.17) is 0 Å². The zero-order valence-corrected chi connectivity index (χ0v) is 11.8. The molecule has 1 aromatic carbocycles. The van der Waals surface area contributed by atoms with E-state index in [9.17, 15) is 9.90 Å². The zero-order valence-electron chi connectivity index (χ0n) is 11.8. The van der Waals surface area contributed by atoms with Crippen molar-refractivity contribution in [3.05, 3.63) is 29.8 Å². The summed E-state index contributed by atoms with van der Waals surface area (Å²) < 4.78 is 0. The van der Waals surface area contributed by atoms with E-state index >= 15 is 0 Å². The van der Waals surface area contributed by atoms with Gasteiger partial charge in [-0.1, -0.05) is 18.6 Å². The summed E-state index contributed by atoms with van der Waals surface area (Å²) in [6.45, 7) is 4.34. The van der Waals surface area contributed by atoms with Crippen molar-refractivity contribution in [2.24, 2.45) is 0 Å². The van der Waals surface area contributed by atoms with E-state index in [0.29, 0.717) is 11.6 Å². The highest BCUT2D eigenvalue weighted by Crippen LogP contribution is 2.27. The molecule has 2 fully saturated rings. The number of carboxylic acids is 1. The van der Waals surface area contributed by atoms with E-state index in [0.717, 1.165) is 25.2 Å². The summed E-state index contributed by atoms with van der Waals surface area (Å²) in [5.74, 6) is -0.831. The average molecular weight is 274 g/mol. The molecule has 3 rings (SSSR count). The fourth-order valence-electron chi connectivity index (χ4n) is 3.47. The largest absolute Gasteiger partial charge is 0.478 e. The van der Waals surface area contributed by atoms with Crippen molar-refractivity contribution >= 4 is 11.7 Å². The molecule has 2 heterocycles. The molecule has 2 aliphatic heterocycles. The number of benzene rings is 1.